The molecule has 0 spiro atoms. The summed E-state index contributed by atoms with van der Waals surface area (Å²) in [4.78, 5) is 14.2. The van der Waals surface area contributed by atoms with Crippen molar-refractivity contribution in [2.45, 2.75) is 5.16 Å². The largest absolute Gasteiger partial charge is 0.378 e. The number of amides is 1. The third-order valence-corrected chi connectivity index (χ3v) is 5.70. The van der Waals surface area contributed by atoms with Crippen molar-refractivity contribution in [1.29, 1.82) is 5.26 Å². The Hall–Kier alpha value is -2.83. The number of benzene rings is 1. The van der Waals surface area contributed by atoms with Crippen molar-refractivity contribution < 1.29 is 4.79 Å². The topological polar surface area (TPSA) is 86.8 Å². The van der Waals surface area contributed by atoms with Gasteiger partial charge in [-0.3, -0.25) is 4.79 Å². The zero-order valence-corrected chi connectivity index (χ0v) is 16.8. The Morgan fingerprint density at radius 2 is 2.04 bits per heavy atom. The fourth-order valence-corrected chi connectivity index (χ4v) is 3.85. The second-order valence-electron chi connectivity index (χ2n) is 5.92. The second-order valence-corrected chi connectivity index (χ2v) is 7.78. The van der Waals surface area contributed by atoms with Crippen molar-refractivity contribution in [2.75, 3.05) is 30.1 Å². The summed E-state index contributed by atoms with van der Waals surface area (Å²) in [6, 6.07) is 11.8. The molecule has 0 aliphatic heterocycles. The van der Waals surface area contributed by atoms with Gasteiger partial charge in [-0.25, -0.2) is 0 Å². The number of anilines is 2. The van der Waals surface area contributed by atoms with Gasteiger partial charge in [0.05, 0.1) is 11.3 Å². The van der Waals surface area contributed by atoms with Crippen LogP contribution < -0.4 is 10.2 Å². The molecular formula is C18H18N6OS2. The third-order valence-electron chi connectivity index (χ3n) is 3.85. The molecule has 9 heteroatoms. The molecule has 2 heterocycles. The summed E-state index contributed by atoms with van der Waals surface area (Å²) in [7, 11) is 5.86. The number of rotatable bonds is 6. The van der Waals surface area contributed by atoms with Crippen molar-refractivity contribution in [3.63, 3.8) is 0 Å². The average molecular weight is 399 g/mol. The van der Waals surface area contributed by atoms with E-state index < -0.39 is 0 Å². The van der Waals surface area contributed by atoms with E-state index in [-0.39, 0.29) is 11.7 Å². The molecule has 0 radical (unpaired) electrons. The van der Waals surface area contributed by atoms with Gasteiger partial charge in [0.1, 0.15) is 11.1 Å². The van der Waals surface area contributed by atoms with Crippen molar-refractivity contribution in [2.24, 2.45) is 7.05 Å². The van der Waals surface area contributed by atoms with E-state index in [2.05, 4.69) is 21.6 Å². The first kappa shape index (κ1) is 18.9. The highest BCUT2D eigenvalue weighted by Crippen LogP contribution is 2.26. The van der Waals surface area contributed by atoms with Gasteiger partial charge in [0.2, 0.25) is 5.91 Å². The quantitative estimate of drug-likeness (QED) is 0.642. The van der Waals surface area contributed by atoms with Crippen LogP contribution in [0, 0.1) is 11.3 Å². The molecule has 0 fully saturated rings. The fourth-order valence-electron chi connectivity index (χ4n) is 2.39. The standard InChI is InChI=1S/C18H18N6OS2/c1-23(2)14-6-4-12(5-7-14)16-21-22-18(24(16)3)27-11-15(25)20-17-13(10-19)8-9-26-17/h4-9H,11H2,1-3H3,(H,20,25). The summed E-state index contributed by atoms with van der Waals surface area (Å²) in [5.74, 6) is 0.751. The number of nitrogens with one attached hydrogen (secondary N) is 1. The number of carbonyl (C=O) groups excluding carboxylic acids is 1. The predicted molar refractivity (Wildman–Crippen MR) is 109 cm³/mol. The van der Waals surface area contributed by atoms with E-state index in [9.17, 15) is 4.79 Å². The SMILES string of the molecule is CN(C)c1ccc(-c2nnc(SCC(=O)Nc3sccc3C#N)n2C)cc1. The highest BCUT2D eigenvalue weighted by molar-refractivity contribution is 7.99. The van der Waals surface area contributed by atoms with Gasteiger partial charge < -0.3 is 14.8 Å². The maximum atomic E-state index is 12.1. The number of thioether (sulfide) groups is 1. The summed E-state index contributed by atoms with van der Waals surface area (Å²) in [6.07, 6.45) is 0. The van der Waals surface area contributed by atoms with Gasteiger partial charge in [-0.05, 0) is 35.7 Å². The monoisotopic (exact) mass is 398 g/mol. The first-order valence-electron chi connectivity index (χ1n) is 8.07. The number of hydrogen-bond donors (Lipinski definition) is 1. The van der Waals surface area contributed by atoms with E-state index in [0.29, 0.717) is 15.7 Å². The average Bonchev–Trinajstić information content (AvgIpc) is 3.26. The van der Waals surface area contributed by atoms with Crippen LogP contribution in [0.25, 0.3) is 11.4 Å². The Bertz CT molecular complexity index is 984. The summed E-state index contributed by atoms with van der Waals surface area (Å²) in [5.41, 5.74) is 2.54. The minimum atomic E-state index is -0.182. The summed E-state index contributed by atoms with van der Waals surface area (Å²) >= 11 is 2.64. The maximum Gasteiger partial charge on any atom is 0.235 e. The van der Waals surface area contributed by atoms with Gasteiger partial charge >= 0.3 is 0 Å². The molecular weight excluding hydrogens is 380 g/mol. The lowest BCUT2D eigenvalue weighted by molar-refractivity contribution is -0.113. The first-order valence-corrected chi connectivity index (χ1v) is 9.93. The van der Waals surface area contributed by atoms with Crippen molar-refractivity contribution in [3.8, 4) is 17.5 Å². The molecule has 1 amide bonds. The van der Waals surface area contributed by atoms with Crippen LogP contribution in [0.15, 0.2) is 40.9 Å². The fraction of sp³-hybridized carbons (Fsp3) is 0.222. The second kappa shape index (κ2) is 8.24. The lowest BCUT2D eigenvalue weighted by Gasteiger charge is -2.12. The molecule has 0 atom stereocenters. The van der Waals surface area contributed by atoms with Gasteiger partial charge in [0.15, 0.2) is 11.0 Å². The van der Waals surface area contributed by atoms with Crippen molar-refractivity contribution >= 4 is 39.7 Å². The van der Waals surface area contributed by atoms with E-state index in [1.165, 1.54) is 23.1 Å². The van der Waals surface area contributed by atoms with Crippen LogP contribution >= 0.6 is 23.1 Å². The zero-order valence-electron chi connectivity index (χ0n) is 15.1. The highest BCUT2D eigenvalue weighted by Gasteiger charge is 2.14. The van der Waals surface area contributed by atoms with Crippen LogP contribution in [-0.2, 0) is 11.8 Å². The molecule has 0 saturated heterocycles. The number of nitrogens with zero attached hydrogens (tertiary/aromatic N) is 5. The minimum Gasteiger partial charge on any atom is -0.378 e. The van der Waals surface area contributed by atoms with E-state index in [4.69, 9.17) is 5.26 Å². The normalized spacial score (nSPS) is 10.4. The van der Waals surface area contributed by atoms with Gasteiger partial charge in [0.25, 0.3) is 0 Å². The number of thiophene rings is 1. The number of aromatic nitrogens is 3. The highest BCUT2D eigenvalue weighted by atomic mass is 32.2. The Balaban J connectivity index is 1.65. The van der Waals surface area contributed by atoms with E-state index in [0.717, 1.165) is 17.1 Å². The van der Waals surface area contributed by atoms with Crippen LogP contribution in [0.4, 0.5) is 10.7 Å². The molecule has 138 valence electrons. The van der Waals surface area contributed by atoms with Gasteiger partial charge in [-0.2, -0.15) is 5.26 Å². The molecule has 0 aliphatic carbocycles. The summed E-state index contributed by atoms with van der Waals surface area (Å²) in [5, 5.41) is 23.2. The number of hydrogen-bond acceptors (Lipinski definition) is 7. The van der Waals surface area contributed by atoms with Gasteiger partial charge in [-0.15, -0.1) is 21.5 Å². The molecule has 2 aromatic heterocycles. The van der Waals surface area contributed by atoms with Gasteiger partial charge in [0, 0.05) is 32.4 Å². The van der Waals surface area contributed by atoms with E-state index in [1.54, 1.807) is 11.4 Å². The van der Waals surface area contributed by atoms with Crippen molar-refractivity contribution in [3.05, 3.63) is 41.3 Å². The number of nitriles is 1. The molecule has 0 bridgehead atoms. The number of carbonyl (C=O) groups is 1. The van der Waals surface area contributed by atoms with E-state index >= 15 is 0 Å². The molecule has 7 nitrogen and oxygen atoms in total. The Kier molecular flexibility index (Phi) is 5.78. The van der Waals surface area contributed by atoms with Crippen LogP contribution in [0.5, 0.6) is 0 Å². The smallest absolute Gasteiger partial charge is 0.235 e. The third kappa shape index (κ3) is 4.30. The molecule has 0 saturated carbocycles. The summed E-state index contributed by atoms with van der Waals surface area (Å²) < 4.78 is 1.87. The Morgan fingerprint density at radius 1 is 1.30 bits per heavy atom. The van der Waals surface area contributed by atoms with Gasteiger partial charge in [-0.1, -0.05) is 11.8 Å². The molecule has 1 aromatic carbocycles. The predicted octanol–water partition coefficient (Wildman–Crippen LogP) is 3.21. The minimum absolute atomic E-state index is 0.182. The van der Waals surface area contributed by atoms with Crippen molar-refractivity contribution in [1.82, 2.24) is 14.8 Å². The van der Waals surface area contributed by atoms with Crippen LogP contribution in [-0.4, -0.2) is 40.5 Å². The van der Waals surface area contributed by atoms with Crippen LogP contribution in [0.1, 0.15) is 5.56 Å². The molecule has 1 N–H and O–H groups in total. The molecule has 3 rings (SSSR count). The van der Waals surface area contributed by atoms with E-state index in [1.807, 2.05) is 54.9 Å². The lowest BCUT2D eigenvalue weighted by atomic mass is 10.2. The molecule has 0 unspecified atom stereocenters. The molecule has 0 aliphatic rings. The first-order chi connectivity index (χ1) is 13.0. The molecule has 27 heavy (non-hydrogen) atoms. The van der Waals surface area contributed by atoms with Crippen LogP contribution in [0.3, 0.4) is 0 Å². The Labute approximate surface area is 165 Å². The summed E-state index contributed by atoms with van der Waals surface area (Å²) in [6.45, 7) is 0. The van der Waals surface area contributed by atoms with Crippen LogP contribution in [0.2, 0.25) is 0 Å². The maximum absolute atomic E-state index is 12.1. The Morgan fingerprint density at radius 3 is 2.70 bits per heavy atom. The lowest BCUT2D eigenvalue weighted by Crippen LogP contribution is -2.14. The zero-order chi connectivity index (χ0) is 19.4. The molecule has 3 aromatic rings.